The van der Waals surface area contributed by atoms with E-state index in [1.165, 1.54) is 0 Å². The highest BCUT2D eigenvalue weighted by Crippen LogP contribution is 2.29. The third-order valence-corrected chi connectivity index (χ3v) is 3.82. The summed E-state index contributed by atoms with van der Waals surface area (Å²) in [5.74, 6) is 0.637. The summed E-state index contributed by atoms with van der Waals surface area (Å²) in [4.78, 5) is 15.9. The Kier molecular flexibility index (Phi) is 3.06. The Balaban J connectivity index is 2.24. The molecule has 0 aromatic carbocycles. The highest BCUT2D eigenvalue weighted by Gasteiger charge is 2.13. The number of nitrogens with one attached hydrogen (secondary N) is 1. The minimum absolute atomic E-state index is 0.167. The zero-order valence-electron chi connectivity index (χ0n) is 10.1. The fraction of sp³-hybridized carbons (Fsp3) is 0.0714. The monoisotopic (exact) mass is 272 g/mol. The van der Waals surface area contributed by atoms with Gasteiger partial charge >= 0.3 is 0 Å². The summed E-state index contributed by atoms with van der Waals surface area (Å²) in [6.45, 7) is 0.209. The van der Waals surface area contributed by atoms with Crippen LogP contribution in [0, 0.1) is 0 Å². The van der Waals surface area contributed by atoms with Gasteiger partial charge in [0.2, 0.25) is 0 Å². The van der Waals surface area contributed by atoms with Crippen LogP contribution in [0.2, 0.25) is 0 Å². The Morgan fingerprint density at radius 1 is 1.32 bits per heavy atom. The number of aromatic amines is 1. The Labute approximate surface area is 113 Å². The summed E-state index contributed by atoms with van der Waals surface area (Å²) < 4.78 is 5.32. The van der Waals surface area contributed by atoms with E-state index in [0.717, 1.165) is 10.4 Å². The predicted octanol–water partition coefficient (Wildman–Crippen LogP) is 2.82. The lowest BCUT2D eigenvalue weighted by Gasteiger charge is -2.07. The molecule has 0 radical (unpaired) electrons. The fourth-order valence-corrected chi connectivity index (χ4v) is 2.78. The van der Waals surface area contributed by atoms with Gasteiger partial charge in [-0.2, -0.15) is 0 Å². The average Bonchev–Trinajstić information content (AvgIpc) is 3.11. The number of H-pyrrole nitrogens is 1. The van der Waals surface area contributed by atoms with E-state index in [2.05, 4.69) is 4.98 Å². The van der Waals surface area contributed by atoms with E-state index >= 15 is 0 Å². The van der Waals surface area contributed by atoms with Crippen LogP contribution >= 0.6 is 11.3 Å². The molecule has 3 N–H and O–H groups in total. The Hall–Kier alpha value is -2.11. The highest BCUT2D eigenvalue weighted by molar-refractivity contribution is 7.13. The van der Waals surface area contributed by atoms with Crippen molar-refractivity contribution in [2.45, 2.75) is 6.54 Å². The van der Waals surface area contributed by atoms with Crippen LogP contribution in [0.5, 0.6) is 0 Å². The van der Waals surface area contributed by atoms with Crippen LogP contribution in [0.3, 0.4) is 0 Å². The first-order valence-corrected chi connectivity index (χ1v) is 6.71. The van der Waals surface area contributed by atoms with Crippen molar-refractivity contribution in [2.75, 3.05) is 0 Å². The zero-order chi connectivity index (χ0) is 13.2. The van der Waals surface area contributed by atoms with Crippen LogP contribution in [-0.4, -0.2) is 4.98 Å². The summed E-state index contributed by atoms with van der Waals surface area (Å²) in [7, 11) is 0. The van der Waals surface area contributed by atoms with Crippen LogP contribution < -0.4 is 11.3 Å². The topological polar surface area (TPSA) is 72.0 Å². The van der Waals surface area contributed by atoms with Crippen molar-refractivity contribution < 1.29 is 4.42 Å². The second-order valence-electron chi connectivity index (χ2n) is 4.06. The first-order chi connectivity index (χ1) is 9.29. The summed E-state index contributed by atoms with van der Waals surface area (Å²) in [5.41, 5.74) is 7.65. The van der Waals surface area contributed by atoms with Crippen molar-refractivity contribution in [2.24, 2.45) is 5.73 Å². The van der Waals surface area contributed by atoms with E-state index in [1.54, 1.807) is 23.7 Å². The number of hydrogen-bond acceptors (Lipinski definition) is 4. The molecular weight excluding hydrogens is 260 g/mol. The predicted molar refractivity (Wildman–Crippen MR) is 76.0 cm³/mol. The molecule has 0 unspecified atom stereocenters. The van der Waals surface area contributed by atoms with Gasteiger partial charge < -0.3 is 15.1 Å². The van der Waals surface area contributed by atoms with Crippen LogP contribution in [0.1, 0.15) is 5.56 Å². The minimum Gasteiger partial charge on any atom is -0.463 e. The average molecular weight is 272 g/mol. The van der Waals surface area contributed by atoms with Crippen LogP contribution in [0.25, 0.3) is 21.9 Å². The summed E-state index contributed by atoms with van der Waals surface area (Å²) in [6.07, 6.45) is 1.58. The smallest absolute Gasteiger partial charge is 0.253 e. The van der Waals surface area contributed by atoms with Gasteiger partial charge in [0, 0.05) is 22.5 Å². The van der Waals surface area contributed by atoms with Gasteiger partial charge in [-0.25, -0.2) is 0 Å². The molecule has 0 amide bonds. The molecule has 3 rings (SSSR count). The van der Waals surface area contributed by atoms with Gasteiger partial charge in [-0.15, -0.1) is 11.3 Å². The molecule has 0 saturated heterocycles. The molecule has 0 saturated carbocycles. The Morgan fingerprint density at radius 3 is 2.84 bits per heavy atom. The lowest BCUT2D eigenvalue weighted by Crippen LogP contribution is -2.17. The molecule has 0 aliphatic rings. The molecule has 96 valence electrons. The molecule has 0 spiro atoms. The van der Waals surface area contributed by atoms with Crippen LogP contribution in [0.15, 0.2) is 51.2 Å². The van der Waals surface area contributed by atoms with Gasteiger partial charge in [0.15, 0.2) is 0 Å². The van der Waals surface area contributed by atoms with Gasteiger partial charge in [0.25, 0.3) is 5.56 Å². The highest BCUT2D eigenvalue weighted by atomic mass is 32.1. The number of rotatable bonds is 3. The van der Waals surface area contributed by atoms with Crippen molar-refractivity contribution in [3.05, 3.63) is 57.9 Å². The molecule has 0 bridgehead atoms. The standard InChI is InChI=1S/C14H12N2O2S/c15-8-10-9(13-4-2-6-19-13)7-11(16-14(10)17)12-3-1-5-18-12/h1-7H,8,15H2,(H,16,17). The maximum Gasteiger partial charge on any atom is 0.253 e. The van der Waals surface area contributed by atoms with Crippen molar-refractivity contribution in [1.29, 1.82) is 0 Å². The molecule has 5 heteroatoms. The molecule has 3 aromatic rings. The van der Waals surface area contributed by atoms with Crippen molar-refractivity contribution >= 4 is 11.3 Å². The van der Waals surface area contributed by atoms with E-state index in [0.29, 0.717) is 17.0 Å². The number of furan rings is 1. The minimum atomic E-state index is -0.167. The molecule has 19 heavy (non-hydrogen) atoms. The number of thiophene rings is 1. The summed E-state index contributed by atoms with van der Waals surface area (Å²) in [6, 6.07) is 9.44. The number of aromatic nitrogens is 1. The fourth-order valence-electron chi connectivity index (χ4n) is 2.01. The summed E-state index contributed by atoms with van der Waals surface area (Å²) in [5, 5.41) is 1.98. The molecule has 0 fully saturated rings. The van der Waals surface area contributed by atoms with E-state index in [4.69, 9.17) is 10.2 Å². The lowest BCUT2D eigenvalue weighted by molar-refractivity contribution is 0.579. The Bertz CT molecular complexity index is 727. The Morgan fingerprint density at radius 2 is 2.21 bits per heavy atom. The van der Waals surface area contributed by atoms with E-state index in [9.17, 15) is 4.79 Å². The van der Waals surface area contributed by atoms with E-state index in [-0.39, 0.29) is 12.1 Å². The van der Waals surface area contributed by atoms with E-state index in [1.807, 2.05) is 29.6 Å². The normalized spacial score (nSPS) is 10.8. The van der Waals surface area contributed by atoms with Crippen molar-refractivity contribution in [3.63, 3.8) is 0 Å². The molecule has 0 aliphatic carbocycles. The lowest BCUT2D eigenvalue weighted by atomic mass is 10.1. The first kappa shape index (κ1) is 12.0. The molecule has 3 heterocycles. The van der Waals surface area contributed by atoms with Gasteiger partial charge in [-0.3, -0.25) is 4.79 Å². The summed E-state index contributed by atoms with van der Waals surface area (Å²) >= 11 is 1.58. The first-order valence-electron chi connectivity index (χ1n) is 5.83. The van der Waals surface area contributed by atoms with Gasteiger partial charge in [0.1, 0.15) is 5.76 Å². The number of hydrogen-bond donors (Lipinski definition) is 2. The number of pyridine rings is 1. The van der Waals surface area contributed by atoms with Gasteiger partial charge in [-0.1, -0.05) is 6.07 Å². The van der Waals surface area contributed by atoms with Crippen molar-refractivity contribution in [3.8, 4) is 21.9 Å². The largest absolute Gasteiger partial charge is 0.463 e. The van der Waals surface area contributed by atoms with Crippen LogP contribution in [0.4, 0.5) is 0 Å². The SMILES string of the molecule is NCc1c(-c2cccs2)cc(-c2ccco2)[nH]c1=O. The molecular formula is C14H12N2O2S. The zero-order valence-corrected chi connectivity index (χ0v) is 10.9. The van der Waals surface area contributed by atoms with Crippen molar-refractivity contribution in [1.82, 2.24) is 4.98 Å². The van der Waals surface area contributed by atoms with Gasteiger partial charge in [0.05, 0.1) is 12.0 Å². The van der Waals surface area contributed by atoms with E-state index < -0.39 is 0 Å². The molecule has 4 nitrogen and oxygen atoms in total. The molecule has 0 aliphatic heterocycles. The third kappa shape index (κ3) is 2.14. The second kappa shape index (κ2) is 4.87. The molecule has 3 aromatic heterocycles. The second-order valence-corrected chi connectivity index (χ2v) is 5.01. The maximum absolute atomic E-state index is 12.1. The molecule has 0 atom stereocenters. The quantitative estimate of drug-likeness (QED) is 0.770. The van der Waals surface area contributed by atoms with Crippen LogP contribution in [-0.2, 0) is 6.54 Å². The maximum atomic E-state index is 12.1. The van der Waals surface area contributed by atoms with Gasteiger partial charge in [-0.05, 0) is 29.6 Å². The number of nitrogens with two attached hydrogens (primary N) is 1. The third-order valence-electron chi connectivity index (χ3n) is 2.91.